The molecular weight excluding hydrogens is 402 g/mol. The number of benzene rings is 1. The summed E-state index contributed by atoms with van der Waals surface area (Å²) in [5.41, 5.74) is 1.18. The van der Waals surface area contributed by atoms with Crippen LogP contribution in [0.5, 0.6) is 0 Å². The average Bonchev–Trinajstić information content (AvgIpc) is 2.68. The van der Waals surface area contributed by atoms with Crippen LogP contribution in [0.15, 0.2) is 47.5 Å². The number of sulfonamides is 1. The lowest BCUT2D eigenvalue weighted by molar-refractivity contribution is -0.120. The number of rotatable bonds is 5. The SMILES string of the molecule is CC(=O)c1ccc(NC(=O)C2CCN(S(=O)(=O)c3cccnc3Cl)CC2)cc1. The molecule has 2 aromatic rings. The Morgan fingerprint density at radius 3 is 2.36 bits per heavy atom. The van der Waals surface area contributed by atoms with Crippen LogP contribution < -0.4 is 5.32 Å². The van der Waals surface area contributed by atoms with Gasteiger partial charge in [-0.05, 0) is 56.2 Å². The molecule has 1 aromatic carbocycles. The average molecular weight is 422 g/mol. The zero-order valence-corrected chi connectivity index (χ0v) is 16.8. The van der Waals surface area contributed by atoms with E-state index in [0.29, 0.717) is 24.1 Å². The number of carbonyl (C=O) groups excluding carboxylic acids is 2. The Morgan fingerprint density at radius 2 is 1.79 bits per heavy atom. The standard InChI is InChI=1S/C19H20ClN3O4S/c1-13(24)14-4-6-16(7-5-14)22-19(25)15-8-11-23(12-9-15)28(26,27)17-3-2-10-21-18(17)20/h2-7,10,15H,8-9,11-12H2,1H3,(H,22,25). The third-order valence-electron chi connectivity index (χ3n) is 4.73. The van der Waals surface area contributed by atoms with Crippen LogP contribution in [0.1, 0.15) is 30.1 Å². The normalized spacial score (nSPS) is 15.9. The fraction of sp³-hybridized carbons (Fsp3) is 0.316. The molecule has 1 aromatic heterocycles. The minimum absolute atomic E-state index is 0.0230. The van der Waals surface area contributed by atoms with Gasteiger partial charge in [-0.2, -0.15) is 4.31 Å². The molecule has 9 heteroatoms. The Balaban J connectivity index is 1.61. The fourth-order valence-corrected chi connectivity index (χ4v) is 4.99. The maximum Gasteiger partial charge on any atom is 0.246 e. The highest BCUT2D eigenvalue weighted by molar-refractivity contribution is 7.89. The Hall–Kier alpha value is -2.29. The van der Waals surface area contributed by atoms with Crippen molar-refractivity contribution in [1.29, 1.82) is 0 Å². The number of piperidine rings is 1. The molecule has 2 heterocycles. The van der Waals surface area contributed by atoms with Crippen LogP contribution >= 0.6 is 11.6 Å². The van der Waals surface area contributed by atoms with E-state index < -0.39 is 10.0 Å². The molecule has 1 aliphatic heterocycles. The van der Waals surface area contributed by atoms with Gasteiger partial charge in [0.2, 0.25) is 15.9 Å². The molecule has 0 atom stereocenters. The van der Waals surface area contributed by atoms with Crippen molar-refractivity contribution >= 4 is 39.0 Å². The van der Waals surface area contributed by atoms with E-state index in [1.807, 2.05) is 0 Å². The van der Waals surface area contributed by atoms with Crippen molar-refractivity contribution in [2.45, 2.75) is 24.7 Å². The molecule has 1 saturated heterocycles. The van der Waals surface area contributed by atoms with Crippen molar-refractivity contribution in [2.75, 3.05) is 18.4 Å². The van der Waals surface area contributed by atoms with Crippen LogP contribution in [0, 0.1) is 5.92 Å². The van der Waals surface area contributed by atoms with E-state index in [1.165, 1.54) is 29.6 Å². The summed E-state index contributed by atoms with van der Waals surface area (Å²) in [5.74, 6) is -0.490. The molecule has 0 aliphatic carbocycles. The van der Waals surface area contributed by atoms with E-state index >= 15 is 0 Å². The largest absolute Gasteiger partial charge is 0.326 e. The van der Waals surface area contributed by atoms with E-state index in [-0.39, 0.29) is 40.7 Å². The van der Waals surface area contributed by atoms with Gasteiger partial charge >= 0.3 is 0 Å². The Morgan fingerprint density at radius 1 is 1.14 bits per heavy atom. The highest BCUT2D eigenvalue weighted by atomic mass is 35.5. The maximum absolute atomic E-state index is 12.7. The molecule has 0 saturated carbocycles. The first-order valence-electron chi connectivity index (χ1n) is 8.81. The van der Waals surface area contributed by atoms with Crippen molar-refractivity contribution in [3.8, 4) is 0 Å². The minimum Gasteiger partial charge on any atom is -0.326 e. The zero-order valence-electron chi connectivity index (χ0n) is 15.3. The second-order valence-electron chi connectivity index (χ2n) is 6.59. The minimum atomic E-state index is -3.74. The van der Waals surface area contributed by atoms with E-state index in [2.05, 4.69) is 10.3 Å². The Kier molecular flexibility index (Phi) is 6.12. The maximum atomic E-state index is 12.7. The summed E-state index contributed by atoms with van der Waals surface area (Å²) >= 11 is 5.93. The molecule has 0 radical (unpaired) electrons. The topological polar surface area (TPSA) is 96.4 Å². The number of hydrogen-bond acceptors (Lipinski definition) is 5. The monoisotopic (exact) mass is 421 g/mol. The van der Waals surface area contributed by atoms with Gasteiger partial charge in [-0.3, -0.25) is 9.59 Å². The molecule has 28 heavy (non-hydrogen) atoms. The number of nitrogens with zero attached hydrogens (tertiary/aromatic N) is 2. The lowest BCUT2D eigenvalue weighted by Gasteiger charge is -2.30. The smallest absolute Gasteiger partial charge is 0.246 e. The lowest BCUT2D eigenvalue weighted by atomic mass is 9.97. The van der Waals surface area contributed by atoms with Gasteiger partial charge in [0, 0.05) is 36.5 Å². The van der Waals surface area contributed by atoms with Crippen LogP contribution in [0.2, 0.25) is 5.15 Å². The zero-order chi connectivity index (χ0) is 20.3. The number of anilines is 1. The second-order valence-corrected chi connectivity index (χ2v) is 8.86. The van der Waals surface area contributed by atoms with Crippen molar-refractivity contribution in [3.05, 3.63) is 53.3 Å². The first-order chi connectivity index (χ1) is 13.3. The molecule has 1 amide bonds. The molecule has 1 aliphatic rings. The lowest BCUT2D eigenvalue weighted by Crippen LogP contribution is -2.41. The van der Waals surface area contributed by atoms with Crippen molar-refractivity contribution in [1.82, 2.24) is 9.29 Å². The fourth-order valence-electron chi connectivity index (χ4n) is 3.09. The van der Waals surface area contributed by atoms with E-state index in [4.69, 9.17) is 11.6 Å². The molecule has 148 valence electrons. The summed E-state index contributed by atoms with van der Waals surface area (Å²) in [5, 5.41) is 2.76. The third-order valence-corrected chi connectivity index (χ3v) is 7.07. The number of halogens is 1. The summed E-state index contributed by atoms with van der Waals surface area (Å²) < 4.78 is 26.8. The van der Waals surface area contributed by atoms with Crippen LogP contribution in [0.3, 0.4) is 0 Å². The Bertz CT molecular complexity index is 984. The second kappa shape index (κ2) is 8.38. The molecule has 1 fully saturated rings. The van der Waals surface area contributed by atoms with Gasteiger partial charge in [0.1, 0.15) is 10.0 Å². The number of hydrogen-bond donors (Lipinski definition) is 1. The van der Waals surface area contributed by atoms with Gasteiger partial charge in [0.15, 0.2) is 5.78 Å². The number of Topliss-reactive ketones (excluding diaryl/α,β-unsaturated/α-hetero) is 1. The van der Waals surface area contributed by atoms with Crippen LogP contribution in [0.25, 0.3) is 0 Å². The van der Waals surface area contributed by atoms with E-state index in [1.54, 1.807) is 24.3 Å². The summed E-state index contributed by atoms with van der Waals surface area (Å²) in [4.78, 5) is 27.6. The highest BCUT2D eigenvalue weighted by Gasteiger charge is 2.33. The Labute approximate surface area is 168 Å². The number of ketones is 1. The predicted molar refractivity (Wildman–Crippen MR) is 106 cm³/mol. The van der Waals surface area contributed by atoms with Crippen molar-refractivity contribution < 1.29 is 18.0 Å². The summed E-state index contributed by atoms with van der Waals surface area (Å²) in [6, 6.07) is 9.62. The molecular formula is C19H20ClN3O4S. The van der Waals surface area contributed by atoms with Gasteiger partial charge in [0.25, 0.3) is 0 Å². The number of amides is 1. The molecule has 3 rings (SSSR count). The molecule has 0 spiro atoms. The highest BCUT2D eigenvalue weighted by Crippen LogP contribution is 2.27. The molecule has 0 bridgehead atoms. The summed E-state index contributed by atoms with van der Waals surface area (Å²) in [6.07, 6.45) is 2.25. The van der Waals surface area contributed by atoms with Crippen LogP contribution in [-0.4, -0.2) is 42.5 Å². The number of aromatic nitrogens is 1. The molecule has 7 nitrogen and oxygen atoms in total. The van der Waals surface area contributed by atoms with Crippen LogP contribution in [-0.2, 0) is 14.8 Å². The van der Waals surface area contributed by atoms with Gasteiger partial charge in [-0.25, -0.2) is 13.4 Å². The van der Waals surface area contributed by atoms with Crippen LogP contribution in [0.4, 0.5) is 5.69 Å². The molecule has 1 N–H and O–H groups in total. The summed E-state index contributed by atoms with van der Waals surface area (Å²) in [6.45, 7) is 1.94. The van der Waals surface area contributed by atoms with E-state index in [0.717, 1.165) is 0 Å². The molecule has 0 unspecified atom stereocenters. The van der Waals surface area contributed by atoms with Gasteiger partial charge in [-0.15, -0.1) is 0 Å². The number of nitrogens with one attached hydrogen (secondary N) is 1. The van der Waals surface area contributed by atoms with Crippen molar-refractivity contribution in [3.63, 3.8) is 0 Å². The van der Waals surface area contributed by atoms with Gasteiger partial charge in [0.05, 0.1) is 0 Å². The van der Waals surface area contributed by atoms with E-state index in [9.17, 15) is 18.0 Å². The van der Waals surface area contributed by atoms with Gasteiger partial charge < -0.3 is 5.32 Å². The number of pyridine rings is 1. The summed E-state index contributed by atoms with van der Waals surface area (Å²) in [7, 11) is -3.74. The van der Waals surface area contributed by atoms with Crippen molar-refractivity contribution in [2.24, 2.45) is 5.92 Å². The third kappa shape index (κ3) is 4.40. The first kappa shape index (κ1) is 20.4. The quantitative estimate of drug-likeness (QED) is 0.591. The van der Waals surface area contributed by atoms with Gasteiger partial charge in [-0.1, -0.05) is 11.6 Å². The predicted octanol–water partition coefficient (Wildman–Crippen LogP) is 2.98. The first-order valence-corrected chi connectivity index (χ1v) is 10.6. The number of carbonyl (C=O) groups is 2.